The number of amides is 2. The van der Waals surface area contributed by atoms with E-state index < -0.39 is 41.9 Å². The highest BCUT2D eigenvalue weighted by Crippen LogP contribution is 2.19. The van der Waals surface area contributed by atoms with Gasteiger partial charge in [-0.15, -0.1) is 0 Å². The Hall–Kier alpha value is -3.05. The molecule has 1 heterocycles. The van der Waals surface area contributed by atoms with Gasteiger partial charge in [0.25, 0.3) is 0 Å². The van der Waals surface area contributed by atoms with Crippen molar-refractivity contribution in [2.75, 3.05) is 12.0 Å². The number of carboxylic acids is 2. The number of carbonyl (C=O) groups excluding carboxylic acids is 2. The Morgan fingerprint density at radius 2 is 1.75 bits per heavy atom. The Labute approximate surface area is 189 Å². The van der Waals surface area contributed by atoms with E-state index in [1.54, 1.807) is 6.20 Å². The van der Waals surface area contributed by atoms with Crippen LogP contribution in [-0.4, -0.2) is 69.1 Å². The number of rotatable bonds is 13. The molecule has 174 valence electrons. The summed E-state index contributed by atoms with van der Waals surface area (Å²) in [5.41, 5.74) is 7.33. The van der Waals surface area contributed by atoms with Crippen LogP contribution in [-0.2, 0) is 25.6 Å². The highest BCUT2D eigenvalue weighted by Gasteiger charge is 2.28. The number of aromatic nitrogens is 1. The number of thioether (sulfide) groups is 1. The highest BCUT2D eigenvalue weighted by atomic mass is 32.2. The number of fused-ring (bicyclic) bond motifs is 1. The Bertz CT molecular complexity index is 963. The van der Waals surface area contributed by atoms with Crippen molar-refractivity contribution in [2.24, 2.45) is 5.73 Å². The summed E-state index contributed by atoms with van der Waals surface area (Å²) in [6.45, 7) is 0. The molecule has 3 unspecified atom stereocenters. The average molecular weight is 465 g/mol. The van der Waals surface area contributed by atoms with Crippen molar-refractivity contribution in [3.05, 3.63) is 36.0 Å². The molecule has 0 saturated carbocycles. The molecule has 0 spiro atoms. The van der Waals surface area contributed by atoms with Crippen LogP contribution in [0, 0.1) is 0 Å². The molecule has 0 bridgehead atoms. The summed E-state index contributed by atoms with van der Waals surface area (Å²) in [5, 5.41) is 24.3. The first-order valence-electron chi connectivity index (χ1n) is 10.1. The van der Waals surface area contributed by atoms with Crippen molar-refractivity contribution in [3.8, 4) is 0 Å². The quantitative estimate of drug-likeness (QED) is 0.251. The Morgan fingerprint density at radius 1 is 1.06 bits per heavy atom. The van der Waals surface area contributed by atoms with Crippen LogP contribution in [0.5, 0.6) is 0 Å². The molecule has 2 rings (SSSR count). The number of nitrogens with one attached hydrogen (secondary N) is 3. The molecule has 3 atom stereocenters. The molecule has 0 fully saturated rings. The van der Waals surface area contributed by atoms with Crippen molar-refractivity contribution in [2.45, 2.75) is 43.8 Å². The maximum atomic E-state index is 12.8. The number of para-hydroxylation sites is 1. The first kappa shape index (κ1) is 25.2. The second-order valence-electron chi connectivity index (χ2n) is 7.34. The molecule has 11 heteroatoms. The Morgan fingerprint density at radius 3 is 2.41 bits per heavy atom. The van der Waals surface area contributed by atoms with Gasteiger partial charge in [-0.3, -0.25) is 14.4 Å². The fraction of sp³-hybridized carbons (Fsp3) is 0.429. The van der Waals surface area contributed by atoms with Gasteiger partial charge in [0.15, 0.2) is 0 Å². The topological polar surface area (TPSA) is 175 Å². The summed E-state index contributed by atoms with van der Waals surface area (Å²) in [7, 11) is 0. The maximum absolute atomic E-state index is 12.8. The summed E-state index contributed by atoms with van der Waals surface area (Å²) < 4.78 is 0. The lowest BCUT2D eigenvalue weighted by atomic mass is 10.0. The molecule has 0 aliphatic carbocycles. The minimum Gasteiger partial charge on any atom is -0.481 e. The Kier molecular flexibility index (Phi) is 9.54. The number of hydrogen-bond acceptors (Lipinski definition) is 6. The smallest absolute Gasteiger partial charge is 0.326 e. The monoisotopic (exact) mass is 464 g/mol. The number of benzene rings is 1. The van der Waals surface area contributed by atoms with E-state index in [0.717, 1.165) is 16.5 Å². The predicted octanol–water partition coefficient (Wildman–Crippen LogP) is 0.710. The number of hydrogen-bond donors (Lipinski definition) is 6. The van der Waals surface area contributed by atoms with E-state index in [9.17, 15) is 24.3 Å². The van der Waals surface area contributed by atoms with Crippen molar-refractivity contribution >= 4 is 46.4 Å². The molecule has 0 aliphatic heterocycles. The van der Waals surface area contributed by atoms with Crippen molar-refractivity contribution < 1.29 is 29.4 Å². The van der Waals surface area contributed by atoms with Gasteiger partial charge in [0.05, 0.1) is 6.04 Å². The summed E-state index contributed by atoms with van der Waals surface area (Å²) in [5.74, 6) is -3.02. The van der Waals surface area contributed by atoms with Crippen molar-refractivity contribution in [1.82, 2.24) is 15.6 Å². The molecule has 1 aromatic carbocycles. The fourth-order valence-corrected chi connectivity index (χ4v) is 3.66. The normalized spacial score (nSPS) is 13.8. The minimum atomic E-state index is -1.20. The molecular weight excluding hydrogens is 436 g/mol. The third-order valence-electron chi connectivity index (χ3n) is 4.96. The zero-order chi connectivity index (χ0) is 23.7. The molecule has 7 N–H and O–H groups in total. The van der Waals surface area contributed by atoms with Crippen LogP contribution in [0.2, 0.25) is 0 Å². The van der Waals surface area contributed by atoms with Gasteiger partial charge in [-0.1, -0.05) is 18.2 Å². The standard InChI is InChI=1S/C21H28N4O6S/c1-32-9-8-16(24-19(28)14(22)6-7-18(26)27)20(29)25-17(21(30)31)10-12-11-23-15-5-3-2-4-13(12)15/h2-5,11,14,16-17,23H,6-10,22H2,1H3,(H,24,28)(H,25,29)(H,26,27)(H,30,31). The lowest BCUT2D eigenvalue weighted by molar-refractivity contribution is -0.142. The number of aromatic amines is 1. The second-order valence-corrected chi connectivity index (χ2v) is 8.33. The van der Waals surface area contributed by atoms with Gasteiger partial charge in [-0.25, -0.2) is 4.79 Å². The van der Waals surface area contributed by atoms with Gasteiger partial charge < -0.3 is 31.6 Å². The van der Waals surface area contributed by atoms with Crippen LogP contribution >= 0.6 is 11.8 Å². The molecular formula is C21H28N4O6S. The molecule has 0 saturated heterocycles. The van der Waals surface area contributed by atoms with Crippen LogP contribution in [0.3, 0.4) is 0 Å². The fourth-order valence-electron chi connectivity index (χ4n) is 3.19. The van der Waals surface area contributed by atoms with Gasteiger partial charge in [-0.2, -0.15) is 11.8 Å². The largest absolute Gasteiger partial charge is 0.481 e. The molecule has 10 nitrogen and oxygen atoms in total. The van der Waals surface area contributed by atoms with E-state index in [1.165, 1.54) is 11.8 Å². The zero-order valence-corrected chi connectivity index (χ0v) is 18.5. The molecule has 32 heavy (non-hydrogen) atoms. The number of carboxylic acid groups (broad SMARTS) is 2. The van der Waals surface area contributed by atoms with Crippen LogP contribution in [0.15, 0.2) is 30.5 Å². The second kappa shape index (κ2) is 12.1. The maximum Gasteiger partial charge on any atom is 0.326 e. The lowest BCUT2D eigenvalue weighted by Gasteiger charge is -2.22. The molecule has 0 radical (unpaired) electrons. The SMILES string of the molecule is CSCCC(NC(=O)C(N)CCC(=O)O)C(=O)NC(Cc1c[nH]c2ccccc12)C(=O)O. The van der Waals surface area contributed by atoms with E-state index in [-0.39, 0.29) is 25.7 Å². The Balaban J connectivity index is 2.08. The predicted molar refractivity (Wildman–Crippen MR) is 121 cm³/mol. The third-order valence-corrected chi connectivity index (χ3v) is 5.61. The van der Waals surface area contributed by atoms with Gasteiger partial charge >= 0.3 is 11.9 Å². The third kappa shape index (κ3) is 7.27. The number of carbonyl (C=O) groups is 4. The van der Waals surface area contributed by atoms with Crippen LogP contribution in [0.1, 0.15) is 24.8 Å². The molecule has 2 amide bonds. The highest BCUT2D eigenvalue weighted by molar-refractivity contribution is 7.98. The van der Waals surface area contributed by atoms with E-state index in [2.05, 4.69) is 15.6 Å². The molecule has 1 aromatic heterocycles. The summed E-state index contributed by atoms with van der Waals surface area (Å²) in [6.07, 6.45) is 3.53. The number of nitrogens with two attached hydrogens (primary N) is 1. The first-order valence-corrected chi connectivity index (χ1v) is 11.5. The first-order chi connectivity index (χ1) is 15.2. The lowest BCUT2D eigenvalue weighted by Crippen LogP contribution is -2.55. The van der Waals surface area contributed by atoms with Gasteiger partial charge in [0.1, 0.15) is 12.1 Å². The van der Waals surface area contributed by atoms with Crippen LogP contribution < -0.4 is 16.4 Å². The van der Waals surface area contributed by atoms with Gasteiger partial charge in [-0.05, 0) is 36.5 Å². The van der Waals surface area contributed by atoms with E-state index in [4.69, 9.17) is 10.8 Å². The number of H-pyrrole nitrogens is 1. The van der Waals surface area contributed by atoms with Crippen LogP contribution in [0.4, 0.5) is 0 Å². The van der Waals surface area contributed by atoms with Crippen molar-refractivity contribution in [1.29, 1.82) is 0 Å². The summed E-state index contributed by atoms with van der Waals surface area (Å²) >= 11 is 1.47. The summed E-state index contributed by atoms with van der Waals surface area (Å²) in [4.78, 5) is 50.7. The van der Waals surface area contributed by atoms with Crippen LogP contribution in [0.25, 0.3) is 10.9 Å². The molecule has 2 aromatic rings. The van der Waals surface area contributed by atoms with Gasteiger partial charge in [0, 0.05) is 29.9 Å². The number of aliphatic carboxylic acids is 2. The summed E-state index contributed by atoms with van der Waals surface area (Å²) in [6, 6.07) is 4.16. The average Bonchev–Trinajstić information content (AvgIpc) is 3.16. The van der Waals surface area contributed by atoms with Gasteiger partial charge in [0.2, 0.25) is 11.8 Å². The van der Waals surface area contributed by atoms with Crippen molar-refractivity contribution in [3.63, 3.8) is 0 Å². The van der Waals surface area contributed by atoms with E-state index in [0.29, 0.717) is 5.75 Å². The minimum absolute atomic E-state index is 0.0619. The molecule has 0 aliphatic rings. The zero-order valence-electron chi connectivity index (χ0n) is 17.7. The van der Waals surface area contributed by atoms with E-state index in [1.807, 2.05) is 30.5 Å². The van der Waals surface area contributed by atoms with E-state index >= 15 is 0 Å².